The molecule has 25 heavy (non-hydrogen) atoms. The van der Waals surface area contributed by atoms with Crippen molar-refractivity contribution in [1.29, 1.82) is 0 Å². The number of anilines is 1. The summed E-state index contributed by atoms with van der Waals surface area (Å²) in [6.07, 6.45) is 1.69. The number of benzene rings is 1. The molecule has 1 aromatic heterocycles. The van der Waals surface area contributed by atoms with Crippen LogP contribution in [-0.2, 0) is 6.54 Å². The van der Waals surface area contributed by atoms with Gasteiger partial charge in [-0.2, -0.15) is 0 Å². The lowest BCUT2D eigenvalue weighted by molar-refractivity contribution is -0.384. The molecular weight excluding hydrogens is 322 g/mol. The van der Waals surface area contributed by atoms with Gasteiger partial charge in [0.2, 0.25) is 0 Å². The maximum absolute atomic E-state index is 12.1. The van der Waals surface area contributed by atoms with Crippen LogP contribution in [0.3, 0.4) is 0 Å². The van der Waals surface area contributed by atoms with Crippen molar-refractivity contribution in [3.63, 3.8) is 0 Å². The zero-order chi connectivity index (χ0) is 17.6. The molecule has 2 bridgehead atoms. The highest BCUT2D eigenvalue weighted by atomic mass is 16.6. The van der Waals surface area contributed by atoms with Crippen molar-refractivity contribution in [2.45, 2.75) is 18.9 Å². The Labute approximate surface area is 143 Å². The van der Waals surface area contributed by atoms with Crippen molar-refractivity contribution >= 4 is 17.7 Å². The van der Waals surface area contributed by atoms with Gasteiger partial charge in [-0.1, -0.05) is 6.07 Å². The molecule has 2 aliphatic heterocycles. The first-order valence-electron chi connectivity index (χ1n) is 8.25. The summed E-state index contributed by atoms with van der Waals surface area (Å²) in [6, 6.07) is 9.78. The van der Waals surface area contributed by atoms with Crippen LogP contribution in [0.5, 0.6) is 0 Å². The first kappa shape index (κ1) is 15.6. The minimum Gasteiger partial charge on any atom is -0.370 e. The van der Waals surface area contributed by atoms with Crippen LogP contribution in [0.4, 0.5) is 11.4 Å². The fraction of sp³-hybridized carbons (Fsp3) is 0.333. The Morgan fingerprint density at radius 2 is 2.00 bits per heavy atom. The number of nitrogens with zero attached hydrogens (tertiary/aromatic N) is 3. The van der Waals surface area contributed by atoms with Gasteiger partial charge in [-0.3, -0.25) is 19.7 Å². The topological polar surface area (TPSA) is 85.4 Å². The van der Waals surface area contributed by atoms with Gasteiger partial charge < -0.3 is 9.47 Å². The zero-order valence-corrected chi connectivity index (χ0v) is 13.5. The Kier molecular flexibility index (Phi) is 3.63. The fourth-order valence-corrected chi connectivity index (χ4v) is 4.13. The van der Waals surface area contributed by atoms with Gasteiger partial charge in [0.25, 0.3) is 11.2 Å². The van der Waals surface area contributed by atoms with Gasteiger partial charge >= 0.3 is 0 Å². The molecule has 0 amide bonds. The van der Waals surface area contributed by atoms with Crippen molar-refractivity contribution in [2.75, 3.05) is 18.0 Å². The third kappa shape index (κ3) is 2.61. The Balaban J connectivity index is 1.70. The van der Waals surface area contributed by atoms with Gasteiger partial charge in [-0.15, -0.1) is 0 Å². The van der Waals surface area contributed by atoms with E-state index < -0.39 is 4.92 Å². The maximum Gasteiger partial charge on any atom is 0.270 e. The molecule has 0 aliphatic carbocycles. The molecule has 7 heteroatoms. The molecule has 0 N–H and O–H groups in total. The summed E-state index contributed by atoms with van der Waals surface area (Å²) >= 11 is 0. The van der Waals surface area contributed by atoms with Crippen LogP contribution in [0.1, 0.15) is 28.4 Å². The third-order valence-corrected chi connectivity index (χ3v) is 5.17. The summed E-state index contributed by atoms with van der Waals surface area (Å²) in [4.78, 5) is 36.1. The molecule has 0 radical (unpaired) electrons. The second kappa shape index (κ2) is 5.84. The number of carbonyl (C=O) groups is 1. The summed E-state index contributed by atoms with van der Waals surface area (Å²) in [5, 5.41) is 10.9. The summed E-state index contributed by atoms with van der Waals surface area (Å²) in [6.45, 7) is 2.10. The van der Waals surface area contributed by atoms with E-state index >= 15 is 0 Å². The molecule has 4 rings (SSSR count). The molecule has 0 saturated carbocycles. The molecule has 1 saturated heterocycles. The number of aldehydes is 1. The van der Waals surface area contributed by atoms with E-state index in [4.69, 9.17) is 0 Å². The summed E-state index contributed by atoms with van der Waals surface area (Å²) < 4.78 is 1.85. The summed E-state index contributed by atoms with van der Waals surface area (Å²) in [5.41, 5.74) is 2.04. The Hall–Kier alpha value is -2.96. The maximum atomic E-state index is 12.1. The van der Waals surface area contributed by atoms with Crippen LogP contribution in [0.25, 0.3) is 0 Å². The second-order valence-electron chi connectivity index (χ2n) is 6.72. The number of carbonyl (C=O) groups excluding carboxylic acids is 1. The van der Waals surface area contributed by atoms with Crippen LogP contribution in [0, 0.1) is 16.0 Å². The quantitative estimate of drug-likeness (QED) is 0.486. The van der Waals surface area contributed by atoms with Crippen molar-refractivity contribution in [3.05, 3.63) is 68.1 Å². The van der Waals surface area contributed by atoms with E-state index in [9.17, 15) is 19.7 Å². The number of nitro groups is 1. The lowest BCUT2D eigenvalue weighted by atomic mass is 9.82. The first-order chi connectivity index (χ1) is 12.1. The second-order valence-corrected chi connectivity index (χ2v) is 6.72. The number of hydrogen-bond donors (Lipinski definition) is 0. The molecule has 0 spiro atoms. The van der Waals surface area contributed by atoms with Crippen molar-refractivity contribution in [2.24, 2.45) is 5.92 Å². The summed E-state index contributed by atoms with van der Waals surface area (Å²) in [5.74, 6) is 0.539. The van der Waals surface area contributed by atoms with Crippen molar-refractivity contribution in [1.82, 2.24) is 4.57 Å². The van der Waals surface area contributed by atoms with Crippen LogP contribution < -0.4 is 10.5 Å². The normalized spacial score (nSPS) is 21.5. The van der Waals surface area contributed by atoms with E-state index in [-0.39, 0.29) is 17.2 Å². The van der Waals surface area contributed by atoms with Crippen LogP contribution in [0.2, 0.25) is 0 Å². The molecule has 2 atom stereocenters. The standard InChI is InChI=1S/C18H17N3O4/c22-11-14-7-15(21(24)25)4-5-16(14)19-8-12-6-13(10-19)17-2-1-3-18(23)20(17)9-12/h1-5,7,11-13H,6,8-10H2. The highest BCUT2D eigenvalue weighted by Gasteiger charge is 2.35. The number of nitro benzene ring substituents is 1. The van der Waals surface area contributed by atoms with E-state index in [2.05, 4.69) is 4.90 Å². The SMILES string of the molecule is O=Cc1cc([N+](=O)[O-])ccc1N1CC2CC(C1)c1cccc(=O)n1C2. The third-order valence-electron chi connectivity index (χ3n) is 5.17. The van der Waals surface area contributed by atoms with Gasteiger partial charge in [0, 0.05) is 60.7 Å². The van der Waals surface area contributed by atoms with Crippen LogP contribution in [0.15, 0.2) is 41.2 Å². The van der Waals surface area contributed by atoms with Gasteiger partial charge in [-0.05, 0) is 24.5 Å². The molecule has 128 valence electrons. The van der Waals surface area contributed by atoms with Gasteiger partial charge in [0.1, 0.15) is 0 Å². The van der Waals surface area contributed by atoms with E-state index in [1.165, 1.54) is 12.1 Å². The lowest BCUT2D eigenvalue weighted by Gasteiger charge is -2.44. The number of fused-ring (bicyclic) bond motifs is 4. The number of hydrogen-bond acceptors (Lipinski definition) is 5. The Morgan fingerprint density at radius 1 is 1.16 bits per heavy atom. The zero-order valence-electron chi connectivity index (χ0n) is 13.5. The minimum absolute atomic E-state index is 0.0320. The number of piperidine rings is 1. The Bertz CT molecular complexity index is 921. The molecule has 2 aliphatic rings. The predicted octanol–water partition coefficient (Wildman–Crippen LogP) is 2.19. The number of rotatable bonds is 3. The van der Waals surface area contributed by atoms with E-state index in [0.717, 1.165) is 24.3 Å². The molecule has 1 aromatic carbocycles. The van der Waals surface area contributed by atoms with E-state index in [1.54, 1.807) is 18.2 Å². The lowest BCUT2D eigenvalue weighted by Crippen LogP contribution is -2.47. The molecule has 7 nitrogen and oxygen atoms in total. The highest BCUT2D eigenvalue weighted by Crippen LogP contribution is 2.38. The first-order valence-corrected chi connectivity index (χ1v) is 8.25. The van der Waals surface area contributed by atoms with Crippen molar-refractivity contribution in [3.8, 4) is 0 Å². The minimum atomic E-state index is -0.496. The number of aromatic nitrogens is 1. The average Bonchev–Trinajstić information content (AvgIpc) is 2.62. The van der Waals surface area contributed by atoms with E-state index in [0.29, 0.717) is 30.9 Å². The van der Waals surface area contributed by atoms with Gasteiger partial charge in [0.05, 0.1) is 4.92 Å². The van der Waals surface area contributed by atoms with Crippen LogP contribution in [-0.4, -0.2) is 28.9 Å². The number of pyridine rings is 1. The largest absolute Gasteiger partial charge is 0.370 e. The predicted molar refractivity (Wildman–Crippen MR) is 92.2 cm³/mol. The van der Waals surface area contributed by atoms with Crippen molar-refractivity contribution < 1.29 is 9.72 Å². The molecular formula is C18H17N3O4. The van der Waals surface area contributed by atoms with Gasteiger partial charge in [-0.25, -0.2) is 0 Å². The Morgan fingerprint density at radius 3 is 2.76 bits per heavy atom. The van der Waals surface area contributed by atoms with Gasteiger partial charge in [0.15, 0.2) is 6.29 Å². The van der Waals surface area contributed by atoms with E-state index in [1.807, 2.05) is 10.6 Å². The highest BCUT2D eigenvalue weighted by molar-refractivity contribution is 5.86. The fourth-order valence-electron chi connectivity index (χ4n) is 4.13. The molecule has 2 aromatic rings. The average molecular weight is 339 g/mol. The molecule has 2 unspecified atom stereocenters. The monoisotopic (exact) mass is 339 g/mol. The molecule has 1 fully saturated rings. The summed E-state index contributed by atoms with van der Waals surface area (Å²) in [7, 11) is 0. The molecule has 3 heterocycles. The van der Waals surface area contributed by atoms with Crippen LogP contribution >= 0.6 is 0 Å². The number of non-ortho nitro benzene ring substituents is 1. The smallest absolute Gasteiger partial charge is 0.270 e.